The first kappa shape index (κ1) is 14.4. The van der Waals surface area contributed by atoms with Crippen molar-refractivity contribution in [2.75, 3.05) is 5.32 Å². The molecule has 2 aromatic rings. The molecule has 3 rings (SSSR count). The van der Waals surface area contributed by atoms with E-state index in [2.05, 4.69) is 5.32 Å². The topological polar surface area (TPSA) is 12.0 Å². The fraction of sp³-hybridized carbons (Fsp3) is 0.375. The van der Waals surface area contributed by atoms with Gasteiger partial charge in [-0.05, 0) is 30.2 Å². The molecule has 1 saturated carbocycles. The standard InChI is InChI=1S/C16H16F3NS/c17-11-8-12(18)15(19)13(9-11)20-16(10-4-1-2-5-10)14-6-3-7-21-14/h3,6-10,16,20H,1-2,4-5H2. The van der Waals surface area contributed by atoms with E-state index in [1.54, 1.807) is 11.3 Å². The molecule has 0 amide bonds. The van der Waals surface area contributed by atoms with Gasteiger partial charge in [0.2, 0.25) is 0 Å². The minimum Gasteiger partial charge on any atom is -0.375 e. The van der Waals surface area contributed by atoms with Crippen molar-refractivity contribution in [2.45, 2.75) is 31.7 Å². The summed E-state index contributed by atoms with van der Waals surface area (Å²) in [5.41, 5.74) is -0.0993. The number of hydrogen-bond donors (Lipinski definition) is 1. The summed E-state index contributed by atoms with van der Waals surface area (Å²) in [4.78, 5) is 1.07. The maximum absolute atomic E-state index is 13.9. The molecule has 0 radical (unpaired) electrons. The van der Waals surface area contributed by atoms with E-state index in [9.17, 15) is 13.2 Å². The molecule has 1 aliphatic rings. The molecule has 112 valence electrons. The molecule has 1 fully saturated rings. The van der Waals surface area contributed by atoms with Crippen molar-refractivity contribution in [2.24, 2.45) is 5.92 Å². The average molecular weight is 311 g/mol. The Morgan fingerprint density at radius 2 is 1.90 bits per heavy atom. The molecule has 1 aromatic carbocycles. The van der Waals surface area contributed by atoms with Crippen LogP contribution in [0.1, 0.15) is 36.6 Å². The first-order chi connectivity index (χ1) is 10.1. The molecule has 1 N–H and O–H groups in total. The van der Waals surface area contributed by atoms with E-state index in [0.717, 1.165) is 36.6 Å². The Balaban J connectivity index is 1.91. The highest BCUT2D eigenvalue weighted by atomic mass is 32.1. The minimum absolute atomic E-state index is 0.0943. The van der Waals surface area contributed by atoms with Crippen LogP contribution < -0.4 is 5.32 Å². The Hall–Kier alpha value is -1.49. The van der Waals surface area contributed by atoms with E-state index in [4.69, 9.17) is 0 Å². The molecule has 21 heavy (non-hydrogen) atoms. The van der Waals surface area contributed by atoms with Gasteiger partial charge in [-0.15, -0.1) is 11.3 Å². The van der Waals surface area contributed by atoms with Gasteiger partial charge in [0.15, 0.2) is 11.6 Å². The van der Waals surface area contributed by atoms with Crippen LogP contribution in [0.2, 0.25) is 0 Å². The molecule has 0 saturated heterocycles. The van der Waals surface area contributed by atoms with Crippen molar-refractivity contribution in [3.63, 3.8) is 0 Å². The van der Waals surface area contributed by atoms with Gasteiger partial charge >= 0.3 is 0 Å². The van der Waals surface area contributed by atoms with E-state index in [0.29, 0.717) is 12.0 Å². The second-order valence-corrected chi connectivity index (χ2v) is 6.41. The van der Waals surface area contributed by atoms with Gasteiger partial charge in [0.1, 0.15) is 5.82 Å². The van der Waals surface area contributed by atoms with Crippen molar-refractivity contribution in [1.82, 2.24) is 0 Å². The lowest BCUT2D eigenvalue weighted by Crippen LogP contribution is -2.19. The van der Waals surface area contributed by atoms with Crippen LogP contribution in [0.3, 0.4) is 0 Å². The average Bonchev–Trinajstić information content (AvgIpc) is 3.13. The number of hydrogen-bond acceptors (Lipinski definition) is 2. The molecule has 1 atom stereocenters. The van der Waals surface area contributed by atoms with Crippen molar-refractivity contribution in [1.29, 1.82) is 0 Å². The SMILES string of the molecule is Fc1cc(F)c(F)c(NC(c2cccs2)C2CCCC2)c1. The molecular formula is C16H16F3NS. The fourth-order valence-electron chi connectivity index (χ4n) is 3.01. The van der Waals surface area contributed by atoms with Gasteiger partial charge in [-0.25, -0.2) is 13.2 Å². The number of thiophene rings is 1. The maximum atomic E-state index is 13.9. The maximum Gasteiger partial charge on any atom is 0.182 e. The molecule has 1 aromatic heterocycles. The predicted molar refractivity (Wildman–Crippen MR) is 79.0 cm³/mol. The van der Waals surface area contributed by atoms with Gasteiger partial charge in [-0.3, -0.25) is 0 Å². The van der Waals surface area contributed by atoms with Gasteiger partial charge in [0.05, 0.1) is 11.7 Å². The first-order valence-corrected chi connectivity index (χ1v) is 7.97. The highest BCUT2D eigenvalue weighted by Crippen LogP contribution is 2.40. The summed E-state index contributed by atoms with van der Waals surface area (Å²) < 4.78 is 40.6. The monoisotopic (exact) mass is 311 g/mol. The normalized spacial score (nSPS) is 17.1. The second kappa shape index (κ2) is 6.10. The van der Waals surface area contributed by atoms with Crippen LogP contribution in [-0.4, -0.2) is 0 Å². The lowest BCUT2D eigenvalue weighted by atomic mass is 9.96. The number of benzene rings is 1. The lowest BCUT2D eigenvalue weighted by Gasteiger charge is -2.25. The molecule has 0 spiro atoms. The van der Waals surface area contributed by atoms with Crippen molar-refractivity contribution < 1.29 is 13.2 Å². The number of anilines is 1. The number of halogens is 3. The zero-order valence-electron chi connectivity index (χ0n) is 11.4. The van der Waals surface area contributed by atoms with Crippen LogP contribution in [0.5, 0.6) is 0 Å². The van der Waals surface area contributed by atoms with Gasteiger partial charge < -0.3 is 5.32 Å². The number of rotatable bonds is 4. The molecule has 1 aliphatic carbocycles. The second-order valence-electron chi connectivity index (χ2n) is 5.43. The van der Waals surface area contributed by atoms with Crippen LogP contribution in [0.4, 0.5) is 18.9 Å². The zero-order valence-corrected chi connectivity index (χ0v) is 12.2. The van der Waals surface area contributed by atoms with Crippen LogP contribution in [0, 0.1) is 23.4 Å². The Labute approximate surface area is 125 Å². The summed E-state index contributed by atoms with van der Waals surface area (Å²) >= 11 is 1.58. The molecular weight excluding hydrogens is 295 g/mol. The Morgan fingerprint density at radius 3 is 2.57 bits per heavy atom. The van der Waals surface area contributed by atoms with Crippen LogP contribution in [0.15, 0.2) is 29.6 Å². The van der Waals surface area contributed by atoms with Gasteiger partial charge in [0.25, 0.3) is 0 Å². The largest absolute Gasteiger partial charge is 0.375 e. The predicted octanol–water partition coefficient (Wildman–Crippen LogP) is 5.51. The molecule has 0 bridgehead atoms. The molecule has 0 aliphatic heterocycles. The van der Waals surface area contributed by atoms with Crippen molar-refractivity contribution >= 4 is 17.0 Å². The quantitative estimate of drug-likeness (QED) is 0.734. The third-order valence-electron chi connectivity index (χ3n) is 4.02. The molecule has 1 nitrogen and oxygen atoms in total. The summed E-state index contributed by atoms with van der Waals surface area (Å²) in [5, 5.41) is 4.99. The van der Waals surface area contributed by atoms with Crippen molar-refractivity contribution in [3.05, 3.63) is 52.0 Å². The van der Waals surface area contributed by atoms with Crippen LogP contribution in [0.25, 0.3) is 0 Å². The van der Waals surface area contributed by atoms with Crippen molar-refractivity contribution in [3.8, 4) is 0 Å². The van der Waals surface area contributed by atoms with Crippen LogP contribution in [-0.2, 0) is 0 Å². The van der Waals surface area contributed by atoms with Gasteiger partial charge in [-0.2, -0.15) is 0 Å². The molecule has 5 heteroatoms. The first-order valence-electron chi connectivity index (χ1n) is 7.09. The Bertz CT molecular complexity index is 606. The summed E-state index contributed by atoms with van der Waals surface area (Å²) in [5.74, 6) is -2.58. The summed E-state index contributed by atoms with van der Waals surface area (Å²) in [6, 6.07) is 5.41. The third kappa shape index (κ3) is 3.07. The van der Waals surface area contributed by atoms with E-state index < -0.39 is 17.5 Å². The summed E-state index contributed by atoms with van der Waals surface area (Å²) in [6.45, 7) is 0. The summed E-state index contributed by atoms with van der Waals surface area (Å²) in [7, 11) is 0. The van der Waals surface area contributed by atoms with E-state index >= 15 is 0 Å². The Kier molecular flexibility index (Phi) is 4.19. The highest BCUT2D eigenvalue weighted by Gasteiger charge is 2.28. The smallest absolute Gasteiger partial charge is 0.182 e. The lowest BCUT2D eigenvalue weighted by molar-refractivity contribution is 0.464. The minimum atomic E-state index is -1.16. The number of nitrogens with one attached hydrogen (secondary N) is 1. The van der Waals surface area contributed by atoms with Gasteiger partial charge in [0, 0.05) is 17.0 Å². The fourth-order valence-corrected chi connectivity index (χ4v) is 3.88. The van der Waals surface area contributed by atoms with Crippen LogP contribution >= 0.6 is 11.3 Å². The summed E-state index contributed by atoms with van der Waals surface area (Å²) in [6.07, 6.45) is 4.40. The molecule has 1 unspecified atom stereocenters. The van der Waals surface area contributed by atoms with E-state index in [-0.39, 0.29) is 11.7 Å². The van der Waals surface area contributed by atoms with E-state index in [1.807, 2.05) is 17.5 Å². The third-order valence-corrected chi connectivity index (χ3v) is 4.98. The Morgan fingerprint density at radius 1 is 1.14 bits per heavy atom. The van der Waals surface area contributed by atoms with E-state index in [1.165, 1.54) is 0 Å². The zero-order chi connectivity index (χ0) is 14.8. The van der Waals surface area contributed by atoms with Gasteiger partial charge in [-0.1, -0.05) is 18.9 Å². The highest BCUT2D eigenvalue weighted by molar-refractivity contribution is 7.10. The molecule has 1 heterocycles.